The zero-order chi connectivity index (χ0) is 15.5. The first-order chi connectivity index (χ1) is 9.20. The molecule has 0 atom stereocenters. The summed E-state index contributed by atoms with van der Waals surface area (Å²) in [6.07, 6.45) is 0.197. The molecule has 1 amide bonds. The quantitative estimate of drug-likeness (QED) is 0.782. The Kier molecular flexibility index (Phi) is 5.28. The zero-order valence-electron chi connectivity index (χ0n) is 12.9. The molecule has 0 aliphatic heterocycles. The van der Waals surface area contributed by atoms with Crippen LogP contribution in [0.3, 0.4) is 0 Å². The first-order valence-corrected chi connectivity index (χ1v) is 7.39. The van der Waals surface area contributed by atoms with Crippen LogP contribution in [0.1, 0.15) is 38.4 Å². The van der Waals surface area contributed by atoms with Crippen LogP contribution in [-0.2, 0) is 20.7 Å². The third kappa shape index (κ3) is 3.56. The highest BCUT2D eigenvalue weighted by atomic mass is 32.1. The molecule has 0 aliphatic rings. The van der Waals surface area contributed by atoms with Crippen LogP contribution in [0.5, 0.6) is 0 Å². The van der Waals surface area contributed by atoms with E-state index in [1.54, 1.807) is 18.7 Å². The van der Waals surface area contributed by atoms with Crippen molar-refractivity contribution in [2.45, 2.75) is 52.6 Å². The number of rotatable bonds is 5. The largest absolute Gasteiger partial charge is 0.467 e. The van der Waals surface area contributed by atoms with Gasteiger partial charge in [0.2, 0.25) is 5.91 Å². The van der Waals surface area contributed by atoms with E-state index in [9.17, 15) is 9.59 Å². The third-order valence-corrected chi connectivity index (χ3v) is 3.89. The number of ether oxygens (including phenoxy) is 1. The lowest BCUT2D eigenvalue weighted by atomic mass is 10.00. The lowest BCUT2D eigenvalue weighted by molar-refractivity contribution is -0.161. The minimum atomic E-state index is -0.995. The van der Waals surface area contributed by atoms with E-state index in [0.29, 0.717) is 0 Å². The molecule has 0 N–H and O–H groups in total. The Morgan fingerprint density at radius 2 is 2.05 bits per heavy atom. The fourth-order valence-corrected chi connectivity index (χ4v) is 2.94. The Labute approximate surface area is 124 Å². The van der Waals surface area contributed by atoms with Gasteiger partial charge in [-0.3, -0.25) is 4.79 Å². The molecule has 112 valence electrons. The van der Waals surface area contributed by atoms with Crippen LogP contribution in [-0.4, -0.2) is 40.5 Å². The Morgan fingerprint density at radius 1 is 1.45 bits per heavy atom. The molecule has 1 aromatic heterocycles. The van der Waals surface area contributed by atoms with Gasteiger partial charge >= 0.3 is 5.97 Å². The van der Waals surface area contributed by atoms with Gasteiger partial charge in [0.1, 0.15) is 5.54 Å². The van der Waals surface area contributed by atoms with Gasteiger partial charge in [-0.2, -0.15) is 0 Å². The predicted octanol–water partition coefficient (Wildman–Crippen LogP) is 2.18. The molecule has 0 bridgehead atoms. The van der Waals surface area contributed by atoms with Crippen LogP contribution in [0.15, 0.2) is 5.38 Å². The number of carbonyl (C=O) groups excluding carboxylic acids is 2. The molecule has 0 saturated heterocycles. The molecule has 20 heavy (non-hydrogen) atoms. The predicted molar refractivity (Wildman–Crippen MR) is 78.6 cm³/mol. The molecular formula is C14H22N2O3S. The van der Waals surface area contributed by atoms with Crippen molar-refractivity contribution in [1.29, 1.82) is 0 Å². The summed E-state index contributed by atoms with van der Waals surface area (Å²) in [5.74, 6) is -0.547. The Hall–Kier alpha value is -1.43. The van der Waals surface area contributed by atoms with Gasteiger partial charge in [-0.1, -0.05) is 0 Å². The maximum absolute atomic E-state index is 12.5. The summed E-state index contributed by atoms with van der Waals surface area (Å²) in [4.78, 5) is 30.3. The summed E-state index contributed by atoms with van der Waals surface area (Å²) >= 11 is 1.51. The summed E-state index contributed by atoms with van der Waals surface area (Å²) < 4.78 is 4.80. The molecule has 0 aromatic carbocycles. The van der Waals surface area contributed by atoms with Gasteiger partial charge < -0.3 is 9.64 Å². The summed E-state index contributed by atoms with van der Waals surface area (Å²) in [6.45, 7) is 9.06. The molecule has 0 unspecified atom stereocenters. The third-order valence-electron chi connectivity index (χ3n) is 3.07. The van der Waals surface area contributed by atoms with Crippen LogP contribution in [0.25, 0.3) is 0 Å². The van der Waals surface area contributed by atoms with Crippen molar-refractivity contribution in [2.24, 2.45) is 0 Å². The van der Waals surface area contributed by atoms with Gasteiger partial charge in [-0.25, -0.2) is 9.78 Å². The van der Waals surface area contributed by atoms with Gasteiger partial charge in [0.15, 0.2) is 0 Å². The number of nitrogens with zero attached hydrogens (tertiary/aromatic N) is 2. The van der Waals surface area contributed by atoms with Crippen LogP contribution >= 0.6 is 11.3 Å². The van der Waals surface area contributed by atoms with Crippen molar-refractivity contribution in [3.63, 3.8) is 0 Å². The van der Waals surface area contributed by atoms with E-state index in [1.165, 1.54) is 18.4 Å². The molecule has 0 saturated carbocycles. The maximum atomic E-state index is 12.5. The van der Waals surface area contributed by atoms with Gasteiger partial charge in [0.05, 0.1) is 24.2 Å². The number of hydrogen-bond acceptors (Lipinski definition) is 5. The number of aromatic nitrogens is 1. The summed E-state index contributed by atoms with van der Waals surface area (Å²) in [5, 5.41) is 2.80. The van der Waals surface area contributed by atoms with Crippen molar-refractivity contribution in [3.05, 3.63) is 16.1 Å². The van der Waals surface area contributed by atoms with Crippen LogP contribution in [0.4, 0.5) is 0 Å². The minimum absolute atomic E-state index is 0.101. The van der Waals surface area contributed by atoms with E-state index in [2.05, 4.69) is 4.98 Å². The SMILES string of the molecule is COC(=O)C(C)(C)N(C(=O)Cc1csc(C)n1)C(C)C. The highest BCUT2D eigenvalue weighted by molar-refractivity contribution is 7.09. The van der Waals surface area contributed by atoms with Crippen molar-refractivity contribution in [2.75, 3.05) is 7.11 Å². The second-order valence-electron chi connectivity index (χ2n) is 5.44. The Morgan fingerprint density at radius 3 is 2.45 bits per heavy atom. The van der Waals surface area contributed by atoms with E-state index in [1.807, 2.05) is 26.2 Å². The first-order valence-electron chi connectivity index (χ1n) is 6.51. The van der Waals surface area contributed by atoms with E-state index in [0.717, 1.165) is 10.7 Å². The molecule has 5 nitrogen and oxygen atoms in total. The second kappa shape index (κ2) is 6.35. The number of esters is 1. The molecule has 0 radical (unpaired) electrons. The van der Waals surface area contributed by atoms with Gasteiger partial charge in [-0.15, -0.1) is 11.3 Å². The van der Waals surface area contributed by atoms with Crippen LogP contribution in [0, 0.1) is 6.92 Å². The zero-order valence-corrected chi connectivity index (χ0v) is 13.7. The summed E-state index contributed by atoms with van der Waals surface area (Å²) in [5.41, 5.74) is -0.255. The van der Waals surface area contributed by atoms with E-state index < -0.39 is 11.5 Å². The Balaban J connectivity index is 2.96. The second-order valence-corrected chi connectivity index (χ2v) is 6.50. The van der Waals surface area contributed by atoms with Crippen molar-refractivity contribution >= 4 is 23.2 Å². The fraction of sp³-hybridized carbons (Fsp3) is 0.643. The number of aryl methyl sites for hydroxylation is 1. The molecule has 0 fully saturated rings. The average molecular weight is 298 g/mol. The highest BCUT2D eigenvalue weighted by Crippen LogP contribution is 2.21. The average Bonchev–Trinajstić information content (AvgIpc) is 2.72. The Bertz CT molecular complexity index is 494. The topological polar surface area (TPSA) is 59.5 Å². The van der Waals surface area contributed by atoms with Gasteiger partial charge in [0, 0.05) is 11.4 Å². The summed E-state index contributed by atoms with van der Waals surface area (Å²) in [6, 6.07) is -0.101. The van der Waals surface area contributed by atoms with Crippen LogP contribution < -0.4 is 0 Å². The molecule has 1 rings (SSSR count). The van der Waals surface area contributed by atoms with Crippen LogP contribution in [0.2, 0.25) is 0 Å². The lowest BCUT2D eigenvalue weighted by Crippen LogP contribution is -2.56. The number of carbonyl (C=O) groups is 2. The standard InChI is InChI=1S/C14H22N2O3S/c1-9(2)16(14(4,5)13(18)19-6)12(17)7-11-8-20-10(3)15-11/h8-9H,7H2,1-6H3. The van der Waals surface area contributed by atoms with Gasteiger partial charge in [0.25, 0.3) is 0 Å². The van der Waals surface area contributed by atoms with Crippen molar-refractivity contribution in [3.8, 4) is 0 Å². The normalized spacial score (nSPS) is 11.6. The van der Waals surface area contributed by atoms with Crippen molar-refractivity contribution < 1.29 is 14.3 Å². The van der Waals surface area contributed by atoms with Gasteiger partial charge in [-0.05, 0) is 34.6 Å². The first kappa shape index (κ1) is 16.6. The lowest BCUT2D eigenvalue weighted by Gasteiger charge is -2.39. The summed E-state index contributed by atoms with van der Waals surface area (Å²) in [7, 11) is 1.33. The monoisotopic (exact) mass is 298 g/mol. The molecule has 1 aromatic rings. The molecule has 6 heteroatoms. The molecular weight excluding hydrogens is 276 g/mol. The number of methoxy groups -OCH3 is 1. The minimum Gasteiger partial charge on any atom is -0.467 e. The maximum Gasteiger partial charge on any atom is 0.331 e. The fourth-order valence-electron chi connectivity index (χ4n) is 2.32. The number of amides is 1. The molecule has 0 aliphatic carbocycles. The highest BCUT2D eigenvalue weighted by Gasteiger charge is 2.40. The van der Waals surface area contributed by atoms with E-state index >= 15 is 0 Å². The molecule has 0 spiro atoms. The smallest absolute Gasteiger partial charge is 0.331 e. The number of hydrogen-bond donors (Lipinski definition) is 0. The molecule has 1 heterocycles. The van der Waals surface area contributed by atoms with E-state index in [4.69, 9.17) is 4.74 Å². The number of thiazole rings is 1. The van der Waals surface area contributed by atoms with E-state index in [-0.39, 0.29) is 18.4 Å². The van der Waals surface area contributed by atoms with Crippen molar-refractivity contribution in [1.82, 2.24) is 9.88 Å².